The molecule has 1 saturated heterocycles. The predicted molar refractivity (Wildman–Crippen MR) is 74.3 cm³/mol. The lowest BCUT2D eigenvalue weighted by atomic mass is 10.3. The number of ether oxygens (including phenoxy) is 1. The van der Waals surface area contributed by atoms with E-state index in [1.165, 1.54) is 0 Å². The fourth-order valence-corrected chi connectivity index (χ4v) is 2.12. The first kappa shape index (κ1) is 13.5. The van der Waals surface area contributed by atoms with Gasteiger partial charge in [-0.2, -0.15) is 4.98 Å². The van der Waals surface area contributed by atoms with Crippen LogP contribution in [0.4, 0.5) is 11.5 Å². The third-order valence-corrected chi connectivity index (χ3v) is 3.21. The van der Waals surface area contributed by atoms with E-state index in [1.54, 1.807) is 6.92 Å². The number of nitrogens with zero attached hydrogens (tertiary/aromatic N) is 3. The van der Waals surface area contributed by atoms with Crippen LogP contribution >= 0.6 is 0 Å². The zero-order valence-corrected chi connectivity index (χ0v) is 11.4. The van der Waals surface area contributed by atoms with Crippen molar-refractivity contribution < 1.29 is 9.53 Å². The van der Waals surface area contributed by atoms with Crippen LogP contribution in [0.15, 0.2) is 12.1 Å². The molecule has 0 atom stereocenters. The number of aromatic nitrogens is 1. The molecule has 6 nitrogen and oxygen atoms in total. The minimum absolute atomic E-state index is 0.125. The molecule has 1 aromatic rings. The van der Waals surface area contributed by atoms with E-state index in [0.29, 0.717) is 18.2 Å². The third kappa shape index (κ3) is 3.07. The van der Waals surface area contributed by atoms with Gasteiger partial charge in [-0.15, -0.1) is 0 Å². The molecule has 0 unspecified atom stereocenters. The third-order valence-electron chi connectivity index (χ3n) is 3.21. The molecule has 0 aliphatic carbocycles. The maximum Gasteiger partial charge on any atom is 0.239 e. The molecule has 0 bridgehead atoms. The van der Waals surface area contributed by atoms with Crippen molar-refractivity contribution in [2.24, 2.45) is 0 Å². The normalized spacial score (nSPS) is 15.5. The topological polar surface area (TPSA) is 71.7 Å². The lowest BCUT2D eigenvalue weighted by Crippen LogP contribution is -2.48. The van der Waals surface area contributed by atoms with Gasteiger partial charge in [0.05, 0.1) is 12.3 Å². The largest absolute Gasteiger partial charge is 0.476 e. The van der Waals surface area contributed by atoms with Crippen LogP contribution in [0.3, 0.4) is 0 Å². The number of hydrogen-bond donors (Lipinski definition) is 1. The summed E-state index contributed by atoms with van der Waals surface area (Å²) in [5.41, 5.74) is 6.36. The quantitative estimate of drug-likeness (QED) is 0.871. The molecular weight excluding hydrogens is 244 g/mol. The summed E-state index contributed by atoms with van der Waals surface area (Å²) in [6, 6.07) is 3.70. The van der Waals surface area contributed by atoms with E-state index in [0.717, 1.165) is 32.0 Å². The predicted octanol–water partition coefficient (Wildman–Crippen LogP) is 0.731. The molecule has 1 amide bonds. The van der Waals surface area contributed by atoms with Gasteiger partial charge in [0.25, 0.3) is 0 Å². The van der Waals surface area contributed by atoms with E-state index in [9.17, 15) is 4.79 Å². The van der Waals surface area contributed by atoms with Gasteiger partial charge in [-0.1, -0.05) is 0 Å². The number of anilines is 2. The summed E-state index contributed by atoms with van der Waals surface area (Å²) in [6.45, 7) is 7.06. The lowest BCUT2D eigenvalue weighted by molar-refractivity contribution is -0.129. The zero-order chi connectivity index (χ0) is 13.8. The number of pyridine rings is 1. The van der Waals surface area contributed by atoms with Crippen molar-refractivity contribution >= 4 is 17.4 Å². The van der Waals surface area contributed by atoms with Gasteiger partial charge >= 0.3 is 0 Å². The molecule has 1 aromatic heterocycles. The second kappa shape index (κ2) is 5.77. The van der Waals surface area contributed by atoms with Gasteiger partial charge in [0.2, 0.25) is 11.8 Å². The van der Waals surface area contributed by atoms with Gasteiger partial charge < -0.3 is 20.3 Å². The average molecular weight is 264 g/mol. The summed E-state index contributed by atoms with van der Waals surface area (Å²) in [7, 11) is 0. The maximum absolute atomic E-state index is 11.3. The van der Waals surface area contributed by atoms with Crippen LogP contribution in [0.5, 0.6) is 5.88 Å². The van der Waals surface area contributed by atoms with Crippen LogP contribution in [-0.4, -0.2) is 48.6 Å². The van der Waals surface area contributed by atoms with Crippen molar-refractivity contribution in [2.45, 2.75) is 13.8 Å². The van der Waals surface area contributed by atoms with Crippen molar-refractivity contribution in [2.75, 3.05) is 43.4 Å². The summed E-state index contributed by atoms with van der Waals surface area (Å²) in [6.07, 6.45) is 0. The minimum Gasteiger partial charge on any atom is -0.476 e. The number of hydrogen-bond acceptors (Lipinski definition) is 5. The van der Waals surface area contributed by atoms with Crippen molar-refractivity contribution in [3.8, 4) is 5.88 Å². The average Bonchev–Trinajstić information content (AvgIpc) is 2.41. The second-order valence-electron chi connectivity index (χ2n) is 4.49. The number of rotatable bonds is 3. The monoisotopic (exact) mass is 264 g/mol. The Balaban J connectivity index is 2.07. The number of nitrogen functional groups attached to an aromatic ring is 1. The summed E-state index contributed by atoms with van der Waals surface area (Å²) < 4.78 is 5.40. The summed E-state index contributed by atoms with van der Waals surface area (Å²) in [4.78, 5) is 19.7. The maximum atomic E-state index is 11.3. The van der Waals surface area contributed by atoms with Crippen molar-refractivity contribution in [3.63, 3.8) is 0 Å². The van der Waals surface area contributed by atoms with E-state index in [2.05, 4.69) is 9.88 Å². The Morgan fingerprint density at radius 3 is 2.63 bits per heavy atom. The Kier molecular flexibility index (Phi) is 4.09. The van der Waals surface area contributed by atoms with Crippen LogP contribution in [0, 0.1) is 0 Å². The number of nitrogens with two attached hydrogens (primary N) is 1. The van der Waals surface area contributed by atoms with Crippen molar-refractivity contribution in [1.82, 2.24) is 9.88 Å². The summed E-state index contributed by atoms with van der Waals surface area (Å²) >= 11 is 0. The van der Waals surface area contributed by atoms with Gasteiger partial charge in [-0.25, -0.2) is 0 Å². The first-order valence-electron chi connectivity index (χ1n) is 6.51. The Morgan fingerprint density at radius 1 is 1.37 bits per heavy atom. The Labute approximate surface area is 113 Å². The van der Waals surface area contributed by atoms with Gasteiger partial charge in [-0.3, -0.25) is 4.79 Å². The number of carbonyl (C=O) groups excluding carboxylic acids is 1. The number of carbonyl (C=O) groups is 1. The van der Waals surface area contributed by atoms with Crippen LogP contribution in [0.1, 0.15) is 13.8 Å². The van der Waals surface area contributed by atoms with Crippen molar-refractivity contribution in [1.29, 1.82) is 0 Å². The summed E-state index contributed by atoms with van der Waals surface area (Å²) in [5, 5.41) is 0. The van der Waals surface area contributed by atoms with Gasteiger partial charge in [0.1, 0.15) is 5.82 Å². The van der Waals surface area contributed by atoms with Crippen LogP contribution < -0.4 is 15.4 Å². The standard InChI is InChI=1S/C13H20N4O2/c1-3-19-13-11(14)4-5-12(15-13)17-8-6-16(7-9-17)10(2)18/h4-5H,3,6-9,14H2,1-2H3. The Bertz CT molecular complexity index is 456. The first-order valence-corrected chi connectivity index (χ1v) is 6.51. The Morgan fingerprint density at radius 2 is 2.05 bits per heavy atom. The molecular formula is C13H20N4O2. The molecule has 2 rings (SSSR count). The molecule has 0 spiro atoms. The SMILES string of the molecule is CCOc1nc(N2CCN(C(C)=O)CC2)ccc1N. The molecule has 1 fully saturated rings. The number of piperazine rings is 1. The highest BCUT2D eigenvalue weighted by atomic mass is 16.5. The molecule has 2 heterocycles. The molecule has 0 saturated carbocycles. The second-order valence-corrected chi connectivity index (χ2v) is 4.49. The highest BCUT2D eigenvalue weighted by molar-refractivity contribution is 5.73. The van der Waals surface area contributed by atoms with Gasteiger partial charge in [0.15, 0.2) is 0 Å². The van der Waals surface area contributed by atoms with E-state index < -0.39 is 0 Å². The van der Waals surface area contributed by atoms with Gasteiger partial charge in [0, 0.05) is 33.1 Å². The smallest absolute Gasteiger partial charge is 0.239 e. The summed E-state index contributed by atoms with van der Waals surface area (Å²) in [5.74, 6) is 1.45. The van der Waals surface area contributed by atoms with Gasteiger partial charge in [-0.05, 0) is 19.1 Å². The fourth-order valence-electron chi connectivity index (χ4n) is 2.12. The van der Waals surface area contributed by atoms with E-state index in [1.807, 2.05) is 24.0 Å². The van der Waals surface area contributed by atoms with E-state index in [-0.39, 0.29) is 5.91 Å². The molecule has 1 aliphatic heterocycles. The number of amides is 1. The molecule has 0 aromatic carbocycles. The molecule has 2 N–H and O–H groups in total. The fraction of sp³-hybridized carbons (Fsp3) is 0.538. The highest BCUT2D eigenvalue weighted by Gasteiger charge is 2.20. The molecule has 19 heavy (non-hydrogen) atoms. The first-order chi connectivity index (χ1) is 9.11. The van der Waals surface area contributed by atoms with Crippen LogP contribution in [0.2, 0.25) is 0 Å². The highest BCUT2D eigenvalue weighted by Crippen LogP contribution is 2.23. The lowest BCUT2D eigenvalue weighted by Gasteiger charge is -2.35. The molecule has 1 aliphatic rings. The zero-order valence-electron chi connectivity index (χ0n) is 11.4. The minimum atomic E-state index is 0.125. The molecule has 6 heteroatoms. The van der Waals surface area contributed by atoms with E-state index >= 15 is 0 Å². The van der Waals surface area contributed by atoms with Crippen LogP contribution in [-0.2, 0) is 4.79 Å². The Hall–Kier alpha value is -1.98. The van der Waals surface area contributed by atoms with Crippen molar-refractivity contribution in [3.05, 3.63) is 12.1 Å². The molecule has 104 valence electrons. The van der Waals surface area contributed by atoms with E-state index in [4.69, 9.17) is 10.5 Å². The van der Waals surface area contributed by atoms with Crippen LogP contribution in [0.25, 0.3) is 0 Å². The molecule has 0 radical (unpaired) electrons.